The van der Waals surface area contributed by atoms with Crippen molar-refractivity contribution in [2.75, 3.05) is 23.3 Å². The highest BCUT2D eigenvalue weighted by atomic mass is 16.4. The molecule has 0 radical (unpaired) electrons. The number of primary amides is 1. The van der Waals surface area contributed by atoms with Crippen molar-refractivity contribution < 1.29 is 14.0 Å². The predicted molar refractivity (Wildman–Crippen MR) is 165 cm³/mol. The van der Waals surface area contributed by atoms with E-state index in [0.29, 0.717) is 23.0 Å². The molecule has 3 fully saturated rings. The van der Waals surface area contributed by atoms with Crippen molar-refractivity contribution in [3.8, 4) is 11.3 Å². The minimum atomic E-state index is -0.478. The van der Waals surface area contributed by atoms with E-state index in [0.717, 1.165) is 69.3 Å². The molecule has 11 heteroatoms. The molecule has 6 rings (SSSR count). The van der Waals surface area contributed by atoms with Crippen LogP contribution in [0.5, 0.6) is 0 Å². The fraction of sp³-hybridized carbons (Fsp3) is 0.469. The average molecular weight is 585 g/mol. The van der Waals surface area contributed by atoms with E-state index in [1.165, 1.54) is 6.42 Å². The Balaban J connectivity index is 1.08. The quantitative estimate of drug-likeness (QED) is 0.186. The van der Waals surface area contributed by atoms with Crippen LogP contribution in [0.15, 0.2) is 53.2 Å². The van der Waals surface area contributed by atoms with Gasteiger partial charge in [-0.25, -0.2) is 4.98 Å². The van der Waals surface area contributed by atoms with Crippen molar-refractivity contribution >= 4 is 29.4 Å². The summed E-state index contributed by atoms with van der Waals surface area (Å²) in [5.41, 5.74) is 8.03. The van der Waals surface area contributed by atoms with E-state index in [1.807, 2.05) is 24.4 Å². The molecule has 2 aliphatic carbocycles. The van der Waals surface area contributed by atoms with Crippen LogP contribution in [0.1, 0.15) is 74.3 Å². The molecule has 0 bridgehead atoms. The molecule has 6 N–H and O–H groups in total. The lowest BCUT2D eigenvalue weighted by molar-refractivity contribution is -0.120. The third-order valence-corrected chi connectivity index (χ3v) is 8.81. The summed E-state index contributed by atoms with van der Waals surface area (Å²) in [6.45, 7) is 4.08. The van der Waals surface area contributed by atoms with Crippen molar-refractivity contribution in [1.29, 1.82) is 5.41 Å². The number of nitrogens with one attached hydrogen (secondary N) is 4. The lowest BCUT2D eigenvalue weighted by Crippen LogP contribution is -2.61. The maximum absolute atomic E-state index is 12.0. The van der Waals surface area contributed by atoms with Gasteiger partial charge in [0.05, 0.1) is 18.1 Å². The number of aromatic nitrogens is 2. The van der Waals surface area contributed by atoms with Crippen LogP contribution in [0.4, 0.5) is 11.7 Å². The number of piperidine rings is 1. The zero-order valence-electron chi connectivity index (χ0n) is 24.6. The average Bonchev–Trinajstić information content (AvgIpc) is 3.76. The summed E-state index contributed by atoms with van der Waals surface area (Å²) in [5, 5.41) is 18.4. The Morgan fingerprint density at radius 2 is 1.86 bits per heavy atom. The number of carbonyl (C=O) groups is 2. The minimum Gasteiger partial charge on any atom is -0.424 e. The van der Waals surface area contributed by atoms with Gasteiger partial charge in [-0.1, -0.05) is 25.0 Å². The topological polar surface area (TPSA) is 162 Å². The second kappa shape index (κ2) is 12.2. The highest BCUT2D eigenvalue weighted by Crippen LogP contribution is 2.31. The Morgan fingerprint density at radius 3 is 2.60 bits per heavy atom. The number of amides is 2. The monoisotopic (exact) mass is 584 g/mol. The number of hydrogen-bond donors (Lipinski definition) is 5. The van der Waals surface area contributed by atoms with Gasteiger partial charge in [-0.15, -0.1) is 0 Å². The molecule has 0 spiro atoms. The maximum Gasteiger partial charge on any atom is 0.295 e. The van der Waals surface area contributed by atoms with Crippen molar-refractivity contribution in [3.63, 3.8) is 0 Å². The van der Waals surface area contributed by atoms with Crippen LogP contribution < -0.4 is 26.6 Å². The lowest BCUT2D eigenvalue weighted by Gasteiger charge is -2.46. The molecule has 3 aromatic rings. The smallest absolute Gasteiger partial charge is 0.295 e. The molecule has 3 heterocycles. The van der Waals surface area contributed by atoms with Crippen molar-refractivity contribution in [2.24, 2.45) is 11.7 Å². The van der Waals surface area contributed by atoms with E-state index in [4.69, 9.17) is 15.6 Å². The molecule has 11 nitrogen and oxygen atoms in total. The number of benzene rings is 1. The van der Waals surface area contributed by atoms with E-state index in [2.05, 4.69) is 37.7 Å². The highest BCUT2D eigenvalue weighted by molar-refractivity contribution is 6.06. The summed E-state index contributed by atoms with van der Waals surface area (Å²) in [7, 11) is 0. The Bertz CT molecular complexity index is 1480. The van der Waals surface area contributed by atoms with E-state index < -0.39 is 5.91 Å². The van der Waals surface area contributed by atoms with Crippen LogP contribution in [-0.2, 0) is 4.79 Å². The number of nitrogens with two attached hydrogens (primary N) is 1. The Morgan fingerprint density at radius 1 is 1.05 bits per heavy atom. The first-order valence-electron chi connectivity index (χ1n) is 15.3. The lowest BCUT2D eigenvalue weighted by atomic mass is 9.84. The van der Waals surface area contributed by atoms with Gasteiger partial charge in [-0.2, -0.15) is 0 Å². The summed E-state index contributed by atoms with van der Waals surface area (Å²) in [4.78, 5) is 35.0. The van der Waals surface area contributed by atoms with Gasteiger partial charge in [-0.3, -0.25) is 20.0 Å². The van der Waals surface area contributed by atoms with E-state index in [-0.39, 0.29) is 35.3 Å². The molecular weight excluding hydrogens is 544 g/mol. The number of hydrogen-bond acceptors (Lipinski definition) is 9. The van der Waals surface area contributed by atoms with Crippen LogP contribution in [0.2, 0.25) is 0 Å². The number of pyridine rings is 1. The van der Waals surface area contributed by atoms with Crippen LogP contribution in [0, 0.1) is 11.3 Å². The molecule has 226 valence electrons. The zero-order chi connectivity index (χ0) is 30.0. The molecule has 0 unspecified atom stereocenters. The van der Waals surface area contributed by atoms with Gasteiger partial charge in [0.15, 0.2) is 11.6 Å². The van der Waals surface area contributed by atoms with Gasteiger partial charge in [0, 0.05) is 47.8 Å². The zero-order valence-corrected chi connectivity index (χ0v) is 24.6. The first-order valence-corrected chi connectivity index (χ1v) is 15.3. The van der Waals surface area contributed by atoms with Crippen molar-refractivity contribution in [1.82, 2.24) is 20.6 Å². The predicted octanol–water partition coefficient (Wildman–Crippen LogP) is 4.06. The van der Waals surface area contributed by atoms with Crippen molar-refractivity contribution in [2.45, 2.75) is 75.9 Å². The van der Waals surface area contributed by atoms with Gasteiger partial charge in [0.25, 0.3) is 6.01 Å². The number of nitrogens with zero attached hydrogens (tertiary/aromatic N) is 3. The molecule has 2 amide bonds. The summed E-state index contributed by atoms with van der Waals surface area (Å²) in [5.74, 6) is 0.135. The van der Waals surface area contributed by atoms with E-state index >= 15 is 0 Å². The van der Waals surface area contributed by atoms with Gasteiger partial charge in [0.1, 0.15) is 5.69 Å². The number of oxazole rings is 1. The Labute approximate surface area is 251 Å². The van der Waals surface area contributed by atoms with Gasteiger partial charge in [0.2, 0.25) is 11.8 Å². The van der Waals surface area contributed by atoms with Crippen LogP contribution in [0.3, 0.4) is 0 Å². The molecule has 1 aliphatic heterocycles. The summed E-state index contributed by atoms with van der Waals surface area (Å²) < 4.78 is 6.05. The van der Waals surface area contributed by atoms with Crippen molar-refractivity contribution in [3.05, 3.63) is 60.0 Å². The molecule has 2 aromatic heterocycles. The Kier molecular flexibility index (Phi) is 8.16. The van der Waals surface area contributed by atoms with Gasteiger partial charge >= 0.3 is 0 Å². The SMILES string of the molecule is C[C@]1(N[C@@H]2CCCC[C@H]2Nc2ncc(-c3cccc(C(N)=O)c3)o2)CCCN(c2ccc(C(=N)NC(=O)C3CC3)nc2)C1. The summed E-state index contributed by atoms with van der Waals surface area (Å²) in [6, 6.07) is 11.8. The van der Waals surface area contributed by atoms with E-state index in [9.17, 15) is 9.59 Å². The molecule has 3 atom stereocenters. The molecule has 3 aliphatic rings. The third-order valence-electron chi connectivity index (χ3n) is 8.81. The summed E-state index contributed by atoms with van der Waals surface area (Å²) >= 11 is 0. The molecular formula is C32H40N8O3. The van der Waals surface area contributed by atoms with Crippen LogP contribution in [-0.4, -0.2) is 58.3 Å². The number of rotatable bonds is 9. The fourth-order valence-electron chi connectivity index (χ4n) is 6.32. The minimum absolute atomic E-state index is 0.0530. The molecule has 1 saturated heterocycles. The maximum atomic E-state index is 12.0. The van der Waals surface area contributed by atoms with Crippen LogP contribution in [0.25, 0.3) is 11.3 Å². The molecule has 2 saturated carbocycles. The largest absolute Gasteiger partial charge is 0.424 e. The number of anilines is 2. The van der Waals surface area contributed by atoms with Gasteiger partial charge in [-0.05, 0) is 69.7 Å². The first kappa shape index (κ1) is 28.9. The van der Waals surface area contributed by atoms with E-state index in [1.54, 1.807) is 24.4 Å². The molecule has 43 heavy (non-hydrogen) atoms. The second-order valence-electron chi connectivity index (χ2n) is 12.4. The first-order chi connectivity index (χ1) is 20.8. The van der Waals surface area contributed by atoms with Gasteiger partial charge < -0.3 is 31.0 Å². The van der Waals surface area contributed by atoms with Crippen LogP contribution >= 0.6 is 0 Å². The fourth-order valence-corrected chi connectivity index (χ4v) is 6.32. The highest BCUT2D eigenvalue weighted by Gasteiger charge is 2.37. The summed E-state index contributed by atoms with van der Waals surface area (Å²) in [6.07, 6.45) is 11.8. The molecule has 1 aromatic carbocycles. The number of amidine groups is 1. The normalized spacial score (nSPS) is 23.9. The number of carbonyl (C=O) groups excluding carboxylic acids is 2. The Hall–Kier alpha value is -4.25. The second-order valence-corrected chi connectivity index (χ2v) is 12.4. The standard InChI is InChI=1S/C32H40N8O3/c1-32(14-5-15-40(19-32)23-12-13-26(35-17-23)28(33)38-30(42)20-10-11-20)39-25-9-3-2-8-24(25)37-31-36-18-27(43-31)21-6-4-7-22(16-21)29(34)41/h4,6-7,12-13,16-18,20,24-25,39H,2-3,5,8-11,14-15,19H2,1H3,(H2,34,41)(H,36,37)(H2,33,38,42)/t24-,25-,32+/m1/s1. The third kappa shape index (κ3) is 6.88.